The van der Waals surface area contributed by atoms with E-state index in [-0.39, 0.29) is 0 Å². The fourth-order valence-electron chi connectivity index (χ4n) is 3.23. The normalized spacial score (nSPS) is 27.2. The van der Waals surface area contributed by atoms with E-state index in [9.17, 15) is 0 Å². The zero-order chi connectivity index (χ0) is 14.7. The minimum atomic E-state index is 0.296. The SMILES string of the molecule is CC(C)O[C@H]1CC[C@H](c2cccc(Cl)c2)C[C@@H]1N(C)C. The molecule has 2 nitrogen and oxygen atoms in total. The molecule has 0 aliphatic heterocycles. The Hall–Kier alpha value is -0.570. The first-order chi connectivity index (χ1) is 9.47. The summed E-state index contributed by atoms with van der Waals surface area (Å²) in [6, 6.07) is 8.80. The van der Waals surface area contributed by atoms with Crippen LogP contribution >= 0.6 is 11.6 Å². The minimum Gasteiger partial charge on any atom is -0.374 e. The fraction of sp³-hybridized carbons (Fsp3) is 0.647. The molecule has 0 saturated heterocycles. The molecule has 2 rings (SSSR count). The van der Waals surface area contributed by atoms with Crippen molar-refractivity contribution >= 4 is 11.6 Å². The highest BCUT2D eigenvalue weighted by molar-refractivity contribution is 6.30. The van der Waals surface area contributed by atoms with Crippen LogP contribution in [0.5, 0.6) is 0 Å². The third-order valence-electron chi connectivity index (χ3n) is 4.19. The lowest BCUT2D eigenvalue weighted by Crippen LogP contribution is -2.45. The van der Waals surface area contributed by atoms with Gasteiger partial charge in [-0.25, -0.2) is 0 Å². The number of benzene rings is 1. The molecule has 0 bridgehead atoms. The molecule has 20 heavy (non-hydrogen) atoms. The molecule has 0 spiro atoms. The Morgan fingerprint density at radius 2 is 2.00 bits per heavy atom. The molecule has 3 heteroatoms. The van der Waals surface area contributed by atoms with Crippen LogP contribution in [0, 0.1) is 0 Å². The highest BCUT2D eigenvalue weighted by atomic mass is 35.5. The van der Waals surface area contributed by atoms with Gasteiger partial charge < -0.3 is 9.64 Å². The van der Waals surface area contributed by atoms with E-state index in [2.05, 4.69) is 51.0 Å². The van der Waals surface area contributed by atoms with Crippen molar-refractivity contribution in [1.82, 2.24) is 4.90 Å². The number of halogens is 1. The predicted octanol–water partition coefficient (Wildman–Crippen LogP) is 4.33. The lowest BCUT2D eigenvalue weighted by Gasteiger charge is -2.40. The zero-order valence-electron chi connectivity index (χ0n) is 13.0. The molecule has 0 heterocycles. The molecule has 0 N–H and O–H groups in total. The minimum absolute atomic E-state index is 0.296. The molecule has 0 unspecified atom stereocenters. The highest BCUT2D eigenvalue weighted by Gasteiger charge is 2.33. The summed E-state index contributed by atoms with van der Waals surface area (Å²) in [7, 11) is 4.31. The molecule has 1 aromatic carbocycles. The number of ether oxygens (including phenoxy) is 1. The predicted molar refractivity (Wildman–Crippen MR) is 85.5 cm³/mol. The molecule has 1 aliphatic carbocycles. The molecule has 112 valence electrons. The summed E-state index contributed by atoms with van der Waals surface area (Å²) in [5.74, 6) is 0.591. The molecule has 1 saturated carbocycles. The summed E-state index contributed by atoms with van der Waals surface area (Å²) in [6.45, 7) is 4.24. The monoisotopic (exact) mass is 295 g/mol. The van der Waals surface area contributed by atoms with Crippen molar-refractivity contribution < 1.29 is 4.74 Å². The van der Waals surface area contributed by atoms with Gasteiger partial charge in [0.25, 0.3) is 0 Å². The number of likely N-dealkylation sites (N-methyl/N-ethyl adjacent to an activating group) is 1. The molecule has 0 amide bonds. The van der Waals surface area contributed by atoms with E-state index in [0.717, 1.165) is 17.9 Å². The van der Waals surface area contributed by atoms with E-state index >= 15 is 0 Å². The third-order valence-corrected chi connectivity index (χ3v) is 4.42. The summed E-state index contributed by atoms with van der Waals surface area (Å²) in [6.07, 6.45) is 4.09. The van der Waals surface area contributed by atoms with Crippen LogP contribution in [0.25, 0.3) is 0 Å². The second-order valence-corrected chi connectivity index (χ2v) is 6.76. The van der Waals surface area contributed by atoms with Gasteiger partial charge in [-0.3, -0.25) is 0 Å². The first-order valence-electron chi connectivity index (χ1n) is 7.54. The Morgan fingerprint density at radius 1 is 1.25 bits per heavy atom. The second kappa shape index (κ2) is 6.93. The second-order valence-electron chi connectivity index (χ2n) is 6.32. The van der Waals surface area contributed by atoms with Crippen molar-refractivity contribution in [2.75, 3.05) is 14.1 Å². The van der Waals surface area contributed by atoms with Crippen molar-refractivity contribution in [3.8, 4) is 0 Å². The zero-order valence-corrected chi connectivity index (χ0v) is 13.7. The first-order valence-corrected chi connectivity index (χ1v) is 7.92. The number of hydrogen-bond donors (Lipinski definition) is 0. The highest BCUT2D eigenvalue weighted by Crippen LogP contribution is 2.36. The molecule has 1 fully saturated rings. The molecular weight excluding hydrogens is 270 g/mol. The van der Waals surface area contributed by atoms with Crippen molar-refractivity contribution in [2.24, 2.45) is 0 Å². The van der Waals surface area contributed by atoms with Crippen LogP contribution < -0.4 is 0 Å². The van der Waals surface area contributed by atoms with E-state index < -0.39 is 0 Å². The Labute approximate surface area is 128 Å². The van der Waals surface area contributed by atoms with Crippen LogP contribution in [-0.4, -0.2) is 37.2 Å². The van der Waals surface area contributed by atoms with Crippen LogP contribution in [0.2, 0.25) is 5.02 Å². The molecule has 1 aromatic rings. The average Bonchev–Trinajstić information content (AvgIpc) is 2.38. The standard InChI is InChI=1S/C17H26ClNO/c1-12(2)20-17-9-8-14(11-16(17)19(3)4)13-6-5-7-15(18)10-13/h5-7,10,12,14,16-17H,8-9,11H2,1-4H3/t14-,16-,17-/m0/s1. The van der Waals surface area contributed by atoms with E-state index in [1.54, 1.807) is 0 Å². The first kappa shape index (κ1) is 15.8. The summed E-state index contributed by atoms with van der Waals surface area (Å²) >= 11 is 6.13. The quantitative estimate of drug-likeness (QED) is 0.820. The van der Waals surface area contributed by atoms with Gasteiger partial charge in [-0.1, -0.05) is 23.7 Å². The Kier molecular flexibility index (Phi) is 5.48. The molecule has 3 atom stereocenters. The Balaban J connectivity index is 2.10. The maximum Gasteiger partial charge on any atom is 0.0733 e. The maximum absolute atomic E-state index is 6.13. The fourth-order valence-corrected chi connectivity index (χ4v) is 3.43. The average molecular weight is 296 g/mol. The van der Waals surface area contributed by atoms with Crippen molar-refractivity contribution in [3.63, 3.8) is 0 Å². The van der Waals surface area contributed by atoms with Crippen LogP contribution in [0.4, 0.5) is 0 Å². The number of nitrogens with zero attached hydrogens (tertiary/aromatic N) is 1. The maximum atomic E-state index is 6.13. The van der Waals surface area contributed by atoms with Gasteiger partial charge in [0, 0.05) is 11.1 Å². The molecule has 1 aliphatic rings. The Bertz CT molecular complexity index is 433. The van der Waals surface area contributed by atoms with Gasteiger partial charge in [-0.15, -0.1) is 0 Å². The van der Waals surface area contributed by atoms with Gasteiger partial charge in [-0.05, 0) is 70.8 Å². The van der Waals surface area contributed by atoms with Gasteiger partial charge >= 0.3 is 0 Å². The van der Waals surface area contributed by atoms with E-state index in [1.807, 2.05) is 6.07 Å². The van der Waals surface area contributed by atoms with Crippen LogP contribution in [0.1, 0.15) is 44.6 Å². The van der Waals surface area contributed by atoms with E-state index in [0.29, 0.717) is 24.2 Å². The third kappa shape index (κ3) is 3.97. The summed E-state index contributed by atoms with van der Waals surface area (Å²) < 4.78 is 6.11. The van der Waals surface area contributed by atoms with Gasteiger partial charge in [0.2, 0.25) is 0 Å². The van der Waals surface area contributed by atoms with Crippen molar-refractivity contribution in [3.05, 3.63) is 34.9 Å². The van der Waals surface area contributed by atoms with Gasteiger partial charge in [0.1, 0.15) is 0 Å². The smallest absolute Gasteiger partial charge is 0.0733 e. The van der Waals surface area contributed by atoms with E-state index in [1.165, 1.54) is 12.0 Å². The Morgan fingerprint density at radius 3 is 2.60 bits per heavy atom. The largest absolute Gasteiger partial charge is 0.374 e. The topological polar surface area (TPSA) is 12.5 Å². The number of hydrogen-bond acceptors (Lipinski definition) is 2. The van der Waals surface area contributed by atoms with Gasteiger partial charge in [0.05, 0.1) is 12.2 Å². The molecule has 0 radical (unpaired) electrons. The summed E-state index contributed by atoms with van der Waals surface area (Å²) in [5, 5.41) is 0.837. The van der Waals surface area contributed by atoms with Crippen LogP contribution in [0.15, 0.2) is 24.3 Å². The molecule has 0 aromatic heterocycles. The van der Waals surface area contributed by atoms with Gasteiger partial charge in [-0.2, -0.15) is 0 Å². The van der Waals surface area contributed by atoms with Crippen molar-refractivity contribution in [2.45, 2.75) is 57.3 Å². The van der Waals surface area contributed by atoms with E-state index in [4.69, 9.17) is 16.3 Å². The number of rotatable bonds is 4. The summed E-state index contributed by atoms with van der Waals surface area (Å²) in [5.41, 5.74) is 1.37. The summed E-state index contributed by atoms with van der Waals surface area (Å²) in [4.78, 5) is 2.31. The van der Waals surface area contributed by atoms with Crippen LogP contribution in [0.3, 0.4) is 0 Å². The van der Waals surface area contributed by atoms with Gasteiger partial charge in [0.15, 0.2) is 0 Å². The van der Waals surface area contributed by atoms with Crippen LogP contribution in [-0.2, 0) is 4.74 Å². The van der Waals surface area contributed by atoms with Crippen molar-refractivity contribution in [1.29, 1.82) is 0 Å². The lowest BCUT2D eigenvalue weighted by molar-refractivity contribution is -0.0569. The molecular formula is C17H26ClNO. The lowest BCUT2D eigenvalue weighted by atomic mass is 9.79.